The van der Waals surface area contributed by atoms with Crippen LogP contribution in [-0.4, -0.2) is 73.4 Å². The van der Waals surface area contributed by atoms with Crippen molar-refractivity contribution in [2.45, 2.75) is 296 Å². The molecule has 0 aliphatic heterocycles. The average Bonchev–Trinajstić information content (AvgIpc) is 3.23. The molecule has 0 aliphatic rings. The van der Waals surface area contributed by atoms with Gasteiger partial charge in [-0.25, -0.2) is 4.57 Å². The van der Waals surface area contributed by atoms with E-state index in [4.69, 9.17) is 9.05 Å². The molecule has 3 N–H and O–H groups in total. The van der Waals surface area contributed by atoms with E-state index in [9.17, 15) is 19.4 Å². The summed E-state index contributed by atoms with van der Waals surface area (Å²) in [6.07, 6.45) is 52.8. The molecule has 3 unspecified atom stereocenters. The van der Waals surface area contributed by atoms with Crippen molar-refractivity contribution in [2.24, 2.45) is 0 Å². The molecule has 0 bridgehead atoms. The first-order valence-corrected chi connectivity index (χ1v) is 28.9. The molecule has 0 aromatic heterocycles. The number of hydrogen-bond acceptors (Lipinski definition) is 5. The first-order chi connectivity index (χ1) is 30.0. The Morgan fingerprint density at radius 2 is 0.774 bits per heavy atom. The summed E-state index contributed by atoms with van der Waals surface area (Å²) >= 11 is 0. The Hall–Kier alpha value is -0.500. The van der Waals surface area contributed by atoms with E-state index in [1.54, 1.807) is 0 Å². The Kier molecular flexibility index (Phi) is 45.3. The first kappa shape index (κ1) is 61.5. The summed E-state index contributed by atoms with van der Waals surface area (Å²) in [5.41, 5.74) is 0. The second kappa shape index (κ2) is 45.6. The van der Waals surface area contributed by atoms with E-state index < -0.39 is 20.0 Å². The van der Waals surface area contributed by atoms with Crippen LogP contribution in [0.3, 0.4) is 0 Å². The van der Waals surface area contributed by atoms with Gasteiger partial charge in [0.25, 0.3) is 0 Å². The highest BCUT2D eigenvalue weighted by Gasteiger charge is 2.28. The number of amides is 1. The van der Waals surface area contributed by atoms with Crippen molar-refractivity contribution in [3.63, 3.8) is 0 Å². The fourth-order valence-corrected chi connectivity index (χ4v) is 9.26. The van der Waals surface area contributed by atoms with Crippen molar-refractivity contribution in [1.82, 2.24) is 5.32 Å². The van der Waals surface area contributed by atoms with Gasteiger partial charge >= 0.3 is 7.82 Å². The second-order valence-electron chi connectivity index (χ2n) is 20.3. The topological polar surface area (TPSA) is 105 Å². The van der Waals surface area contributed by atoms with Gasteiger partial charge in [-0.1, -0.05) is 264 Å². The molecule has 372 valence electrons. The average molecular weight is 902 g/mol. The van der Waals surface area contributed by atoms with E-state index in [0.29, 0.717) is 23.9 Å². The Bertz CT molecular complexity index is 978. The van der Waals surface area contributed by atoms with Crippen LogP contribution in [0.15, 0.2) is 0 Å². The van der Waals surface area contributed by atoms with E-state index >= 15 is 0 Å². The maximum Gasteiger partial charge on any atom is 0.472 e. The maximum atomic E-state index is 13.0. The van der Waals surface area contributed by atoms with E-state index in [-0.39, 0.29) is 19.1 Å². The van der Waals surface area contributed by atoms with Crippen LogP contribution in [0, 0.1) is 0 Å². The van der Waals surface area contributed by atoms with Crippen LogP contribution < -0.4 is 5.32 Å². The van der Waals surface area contributed by atoms with Crippen LogP contribution in [0.25, 0.3) is 0 Å². The summed E-state index contributed by atoms with van der Waals surface area (Å²) in [5.74, 6) is -0.137. The lowest BCUT2D eigenvalue weighted by Gasteiger charge is -2.26. The summed E-state index contributed by atoms with van der Waals surface area (Å²) in [7, 11) is 1.63. The first-order valence-electron chi connectivity index (χ1n) is 27.4. The van der Waals surface area contributed by atoms with E-state index in [0.717, 1.165) is 38.5 Å². The van der Waals surface area contributed by atoms with Gasteiger partial charge in [-0.15, -0.1) is 0 Å². The van der Waals surface area contributed by atoms with Crippen LogP contribution in [0.4, 0.5) is 0 Å². The molecule has 0 fully saturated rings. The van der Waals surface area contributed by atoms with Gasteiger partial charge in [-0.05, 0) is 12.8 Å². The number of nitrogens with zero attached hydrogens (tertiary/aromatic N) is 1. The number of aliphatic hydroxyl groups excluding tert-OH is 1. The van der Waals surface area contributed by atoms with Gasteiger partial charge in [0.2, 0.25) is 5.91 Å². The van der Waals surface area contributed by atoms with Crippen LogP contribution in [0.1, 0.15) is 284 Å². The number of aliphatic hydroxyl groups is 1. The van der Waals surface area contributed by atoms with Crippen LogP contribution in [0.2, 0.25) is 0 Å². The highest BCUT2D eigenvalue weighted by Crippen LogP contribution is 2.43. The summed E-state index contributed by atoms with van der Waals surface area (Å²) in [6.45, 7) is 4.94. The standard InChI is InChI=1S/C53H109N2O6P/c1-6-8-10-12-14-16-18-20-22-24-26-27-29-30-32-34-36-38-40-42-44-46-52(56)51(50-61-62(58,59)60-49-48-55(3,4)5)54-53(57)47-45-43-41-39-37-35-33-31-28-25-23-21-19-17-15-13-11-9-7-2/h51-52,56H,6-50H2,1-5H3,(H-,54,57,58,59)/p+1. The zero-order valence-corrected chi connectivity index (χ0v) is 43.3. The van der Waals surface area contributed by atoms with Gasteiger partial charge in [0.05, 0.1) is 39.9 Å². The number of carbonyl (C=O) groups is 1. The summed E-state index contributed by atoms with van der Waals surface area (Å²) in [4.78, 5) is 23.3. The molecule has 0 rings (SSSR count). The molecule has 0 saturated heterocycles. The van der Waals surface area contributed by atoms with E-state index in [1.165, 1.54) is 218 Å². The third kappa shape index (κ3) is 47.5. The van der Waals surface area contributed by atoms with Crippen molar-refractivity contribution in [1.29, 1.82) is 0 Å². The van der Waals surface area contributed by atoms with E-state index in [2.05, 4.69) is 19.2 Å². The molecule has 0 heterocycles. The number of carbonyl (C=O) groups excluding carboxylic acids is 1. The molecule has 0 spiro atoms. The molecule has 8 nitrogen and oxygen atoms in total. The monoisotopic (exact) mass is 902 g/mol. The highest BCUT2D eigenvalue weighted by molar-refractivity contribution is 7.47. The number of quaternary nitrogens is 1. The minimum Gasteiger partial charge on any atom is -0.391 e. The smallest absolute Gasteiger partial charge is 0.391 e. The molecule has 3 atom stereocenters. The minimum absolute atomic E-state index is 0.0791. The van der Waals surface area contributed by atoms with Crippen LogP contribution >= 0.6 is 7.82 Å². The molecule has 9 heteroatoms. The fraction of sp³-hybridized carbons (Fsp3) is 0.981. The summed E-state index contributed by atoms with van der Waals surface area (Å²) in [6, 6.07) is -0.754. The minimum atomic E-state index is -4.31. The number of phosphoric acid groups is 1. The van der Waals surface area contributed by atoms with Crippen LogP contribution in [-0.2, 0) is 18.4 Å². The lowest BCUT2D eigenvalue weighted by molar-refractivity contribution is -0.870. The maximum absolute atomic E-state index is 13.0. The lowest BCUT2D eigenvalue weighted by Crippen LogP contribution is -2.46. The number of nitrogens with one attached hydrogen (secondary N) is 1. The predicted octanol–water partition coefficient (Wildman–Crippen LogP) is 16.1. The van der Waals surface area contributed by atoms with Gasteiger partial charge in [0, 0.05) is 6.42 Å². The normalized spacial score (nSPS) is 14.0. The zero-order chi connectivity index (χ0) is 45.7. The number of likely N-dealkylation sites (N-methyl/N-ethyl adjacent to an activating group) is 1. The highest BCUT2D eigenvalue weighted by atomic mass is 31.2. The molecular weight excluding hydrogens is 792 g/mol. The lowest BCUT2D eigenvalue weighted by atomic mass is 10.0. The second-order valence-corrected chi connectivity index (χ2v) is 21.8. The fourth-order valence-electron chi connectivity index (χ4n) is 8.52. The molecule has 62 heavy (non-hydrogen) atoms. The van der Waals surface area contributed by atoms with Crippen molar-refractivity contribution in [3.8, 4) is 0 Å². The van der Waals surface area contributed by atoms with Gasteiger partial charge in [0.15, 0.2) is 0 Å². The molecule has 1 amide bonds. The largest absolute Gasteiger partial charge is 0.472 e. The summed E-state index contributed by atoms with van der Waals surface area (Å²) in [5, 5.41) is 14.1. The van der Waals surface area contributed by atoms with E-state index in [1.807, 2.05) is 21.1 Å². The molecule has 0 aromatic carbocycles. The molecule has 0 radical (unpaired) electrons. The third-order valence-corrected chi connectivity index (χ3v) is 13.8. The number of hydrogen-bond donors (Lipinski definition) is 3. The Balaban J connectivity index is 4.18. The molecule has 0 aromatic rings. The molecule has 0 aliphatic carbocycles. The van der Waals surface area contributed by atoms with Crippen molar-refractivity contribution in [2.75, 3.05) is 40.9 Å². The molecular formula is C53H110N2O6P+. The summed E-state index contributed by atoms with van der Waals surface area (Å²) < 4.78 is 23.8. The number of unbranched alkanes of at least 4 members (excludes halogenated alkanes) is 38. The van der Waals surface area contributed by atoms with Crippen LogP contribution in [0.5, 0.6) is 0 Å². The Labute approximate surface area is 387 Å². The van der Waals surface area contributed by atoms with Gasteiger partial charge in [-0.2, -0.15) is 0 Å². The predicted molar refractivity (Wildman–Crippen MR) is 268 cm³/mol. The van der Waals surface area contributed by atoms with Gasteiger partial charge in [-0.3, -0.25) is 13.8 Å². The van der Waals surface area contributed by atoms with Crippen molar-refractivity contribution in [3.05, 3.63) is 0 Å². The molecule has 0 saturated carbocycles. The van der Waals surface area contributed by atoms with Crippen molar-refractivity contribution < 1.29 is 32.9 Å². The Morgan fingerprint density at radius 1 is 0.484 bits per heavy atom. The third-order valence-electron chi connectivity index (χ3n) is 12.9. The SMILES string of the molecule is CCCCCCCCCCCCCCCCCCCCCCCC(O)C(COP(=O)(O)OCC[N+](C)(C)C)NC(=O)CCCCCCCCCCCCCCCCCCCCC. The quantitative estimate of drug-likeness (QED) is 0.0319. The zero-order valence-electron chi connectivity index (χ0n) is 42.4. The Morgan fingerprint density at radius 3 is 1.08 bits per heavy atom. The van der Waals surface area contributed by atoms with Gasteiger partial charge < -0.3 is 19.8 Å². The van der Waals surface area contributed by atoms with Crippen molar-refractivity contribution >= 4 is 13.7 Å². The number of phosphoric ester groups is 1. The van der Waals surface area contributed by atoms with Gasteiger partial charge in [0.1, 0.15) is 13.2 Å². The number of rotatable bonds is 51.